The summed E-state index contributed by atoms with van der Waals surface area (Å²) in [4.78, 5) is 11.3. The average Bonchev–Trinajstić information content (AvgIpc) is 2.67. The summed E-state index contributed by atoms with van der Waals surface area (Å²) in [5.74, 6) is -0.202. The lowest BCUT2D eigenvalue weighted by atomic mass is 10.2. The van der Waals surface area contributed by atoms with Gasteiger partial charge in [0.1, 0.15) is 5.76 Å². The lowest BCUT2D eigenvalue weighted by Gasteiger charge is -1.93. The minimum Gasteiger partial charge on any atom is -0.510 e. The van der Waals surface area contributed by atoms with Crippen molar-refractivity contribution in [2.24, 2.45) is 10.2 Å². The van der Waals surface area contributed by atoms with Crippen LogP contribution in [0.4, 0.5) is 5.69 Å². The lowest BCUT2D eigenvalue weighted by Crippen LogP contribution is -1.92. The van der Waals surface area contributed by atoms with E-state index < -0.39 is 0 Å². The van der Waals surface area contributed by atoms with Crippen LogP contribution in [-0.4, -0.2) is 10.9 Å². The molecule has 2 rings (SSSR count). The number of nitriles is 1. The fraction of sp³-hybridized carbons (Fsp3) is 0.167. The molecule has 1 aromatic rings. The Bertz CT molecular complexity index is 550. The predicted octanol–water partition coefficient (Wildman–Crippen LogP) is 2.77. The zero-order chi connectivity index (χ0) is 12.3. The SMILES string of the molecule is N#Cc1ccc(N=NC2=C(O)CCC2=O)cc1. The molecule has 1 aliphatic carbocycles. The second-order valence-electron chi connectivity index (χ2n) is 3.58. The summed E-state index contributed by atoms with van der Waals surface area (Å²) < 4.78 is 0. The van der Waals surface area contributed by atoms with Gasteiger partial charge in [0.2, 0.25) is 0 Å². The summed E-state index contributed by atoms with van der Waals surface area (Å²) in [6.07, 6.45) is 0.619. The van der Waals surface area contributed by atoms with E-state index in [-0.39, 0.29) is 23.7 Å². The molecular weight excluding hydrogens is 218 g/mol. The summed E-state index contributed by atoms with van der Waals surface area (Å²) >= 11 is 0. The van der Waals surface area contributed by atoms with Crippen molar-refractivity contribution in [3.63, 3.8) is 0 Å². The van der Waals surface area contributed by atoms with Crippen LogP contribution >= 0.6 is 0 Å². The number of aliphatic hydroxyl groups excluding tert-OH is 1. The van der Waals surface area contributed by atoms with Crippen molar-refractivity contribution in [1.29, 1.82) is 5.26 Å². The maximum Gasteiger partial charge on any atom is 0.186 e. The summed E-state index contributed by atoms with van der Waals surface area (Å²) in [5, 5.41) is 25.6. The van der Waals surface area contributed by atoms with Gasteiger partial charge in [-0.1, -0.05) is 0 Å². The number of hydrogen-bond donors (Lipinski definition) is 1. The summed E-state index contributed by atoms with van der Waals surface area (Å²) in [6, 6.07) is 8.46. The Morgan fingerprint density at radius 1 is 1.18 bits per heavy atom. The molecular formula is C12H9N3O2. The molecule has 0 aliphatic heterocycles. The van der Waals surface area contributed by atoms with Gasteiger partial charge in [-0.25, -0.2) is 0 Å². The van der Waals surface area contributed by atoms with Crippen molar-refractivity contribution >= 4 is 11.5 Å². The van der Waals surface area contributed by atoms with Crippen LogP contribution in [0, 0.1) is 11.3 Å². The zero-order valence-corrected chi connectivity index (χ0v) is 8.92. The van der Waals surface area contributed by atoms with Crippen LogP contribution in [0.1, 0.15) is 18.4 Å². The van der Waals surface area contributed by atoms with E-state index in [4.69, 9.17) is 5.26 Å². The minimum atomic E-state index is -0.195. The molecule has 0 heterocycles. The number of carbonyl (C=O) groups excluding carboxylic acids is 1. The molecule has 84 valence electrons. The Morgan fingerprint density at radius 2 is 1.88 bits per heavy atom. The summed E-state index contributed by atoms with van der Waals surface area (Å²) in [6.45, 7) is 0. The molecule has 0 saturated heterocycles. The molecule has 17 heavy (non-hydrogen) atoms. The molecule has 0 atom stereocenters. The van der Waals surface area contributed by atoms with Crippen molar-refractivity contribution in [2.45, 2.75) is 12.8 Å². The van der Waals surface area contributed by atoms with Crippen LogP contribution in [0.5, 0.6) is 0 Å². The summed E-state index contributed by atoms with van der Waals surface area (Å²) in [5.41, 5.74) is 1.10. The first-order valence-corrected chi connectivity index (χ1v) is 5.08. The van der Waals surface area contributed by atoms with Crippen molar-refractivity contribution in [3.8, 4) is 6.07 Å². The number of benzene rings is 1. The van der Waals surface area contributed by atoms with Gasteiger partial charge >= 0.3 is 0 Å². The quantitative estimate of drug-likeness (QED) is 0.788. The third-order valence-electron chi connectivity index (χ3n) is 2.39. The standard InChI is InChI=1S/C12H9N3O2/c13-7-8-1-3-9(4-2-8)14-15-12-10(16)5-6-11(12)17/h1-4,16H,5-6H2. The molecule has 1 aliphatic rings. The van der Waals surface area contributed by atoms with E-state index in [9.17, 15) is 9.90 Å². The molecule has 0 radical (unpaired) electrons. The maximum absolute atomic E-state index is 11.3. The fourth-order valence-electron chi connectivity index (χ4n) is 1.45. The fourth-order valence-corrected chi connectivity index (χ4v) is 1.45. The molecule has 1 N–H and O–H groups in total. The Morgan fingerprint density at radius 3 is 2.41 bits per heavy atom. The van der Waals surface area contributed by atoms with Crippen molar-refractivity contribution < 1.29 is 9.90 Å². The van der Waals surface area contributed by atoms with Gasteiger partial charge in [0.15, 0.2) is 11.5 Å². The second kappa shape index (κ2) is 4.58. The second-order valence-corrected chi connectivity index (χ2v) is 3.58. The summed E-state index contributed by atoms with van der Waals surface area (Å²) in [7, 11) is 0. The molecule has 5 nitrogen and oxygen atoms in total. The van der Waals surface area contributed by atoms with Gasteiger partial charge in [0, 0.05) is 12.8 Å². The maximum atomic E-state index is 11.3. The first kappa shape index (κ1) is 11.0. The lowest BCUT2D eigenvalue weighted by molar-refractivity contribution is -0.114. The number of rotatable bonds is 2. The van der Waals surface area contributed by atoms with Gasteiger partial charge in [0.05, 0.1) is 17.3 Å². The third-order valence-corrected chi connectivity index (χ3v) is 2.39. The van der Waals surface area contributed by atoms with Gasteiger partial charge in [0.25, 0.3) is 0 Å². The van der Waals surface area contributed by atoms with Gasteiger partial charge in [-0.05, 0) is 24.3 Å². The predicted molar refractivity (Wildman–Crippen MR) is 59.6 cm³/mol. The molecule has 0 unspecified atom stereocenters. The molecule has 0 spiro atoms. The number of nitrogens with zero attached hydrogens (tertiary/aromatic N) is 3. The molecule has 0 fully saturated rings. The first-order valence-electron chi connectivity index (χ1n) is 5.08. The molecule has 1 aromatic carbocycles. The minimum absolute atomic E-state index is 0.00704. The number of azo groups is 1. The third kappa shape index (κ3) is 2.37. The van der Waals surface area contributed by atoms with E-state index in [0.29, 0.717) is 17.7 Å². The van der Waals surface area contributed by atoms with E-state index in [2.05, 4.69) is 10.2 Å². The Labute approximate surface area is 97.7 Å². The van der Waals surface area contributed by atoms with E-state index >= 15 is 0 Å². The van der Waals surface area contributed by atoms with Crippen LogP contribution < -0.4 is 0 Å². The highest BCUT2D eigenvalue weighted by Crippen LogP contribution is 2.23. The van der Waals surface area contributed by atoms with Crippen LogP contribution in [0.25, 0.3) is 0 Å². The number of ketones is 1. The van der Waals surface area contributed by atoms with Gasteiger partial charge in [-0.15, -0.1) is 5.11 Å². The highest BCUT2D eigenvalue weighted by molar-refractivity contribution is 5.97. The van der Waals surface area contributed by atoms with Crippen molar-refractivity contribution in [2.75, 3.05) is 0 Å². The number of hydrogen-bond acceptors (Lipinski definition) is 5. The number of aliphatic hydroxyl groups is 1. The van der Waals surface area contributed by atoms with E-state index in [1.54, 1.807) is 24.3 Å². The first-order chi connectivity index (χ1) is 8.20. The molecule has 0 aromatic heterocycles. The van der Waals surface area contributed by atoms with Crippen molar-refractivity contribution in [3.05, 3.63) is 41.3 Å². The monoisotopic (exact) mass is 227 g/mol. The highest BCUT2D eigenvalue weighted by atomic mass is 16.3. The van der Waals surface area contributed by atoms with Crippen LogP contribution in [0.2, 0.25) is 0 Å². The highest BCUT2D eigenvalue weighted by Gasteiger charge is 2.22. The molecule has 0 saturated carbocycles. The zero-order valence-electron chi connectivity index (χ0n) is 8.92. The number of allylic oxidation sites excluding steroid dienone is 2. The molecule has 0 bridgehead atoms. The van der Waals surface area contributed by atoms with Crippen LogP contribution in [-0.2, 0) is 4.79 Å². The van der Waals surface area contributed by atoms with Gasteiger partial charge in [-0.2, -0.15) is 10.4 Å². The van der Waals surface area contributed by atoms with E-state index in [1.165, 1.54) is 0 Å². The van der Waals surface area contributed by atoms with E-state index in [0.717, 1.165) is 0 Å². The number of carbonyl (C=O) groups is 1. The average molecular weight is 227 g/mol. The van der Waals surface area contributed by atoms with Crippen molar-refractivity contribution in [1.82, 2.24) is 0 Å². The molecule has 0 amide bonds. The Balaban J connectivity index is 2.18. The largest absolute Gasteiger partial charge is 0.510 e. The van der Waals surface area contributed by atoms with E-state index in [1.807, 2.05) is 6.07 Å². The normalized spacial score (nSPS) is 15.6. The Kier molecular flexibility index (Phi) is 2.97. The number of Topliss-reactive ketones (excluding diaryl/α,β-unsaturated/α-hetero) is 1. The van der Waals surface area contributed by atoms with Gasteiger partial charge in [-0.3, -0.25) is 4.79 Å². The topological polar surface area (TPSA) is 85.8 Å². The van der Waals surface area contributed by atoms with Gasteiger partial charge < -0.3 is 5.11 Å². The molecule has 5 heteroatoms. The Hall–Kier alpha value is -2.48. The van der Waals surface area contributed by atoms with Crippen LogP contribution in [0.15, 0.2) is 46.0 Å². The van der Waals surface area contributed by atoms with Crippen LogP contribution in [0.3, 0.4) is 0 Å². The smallest absolute Gasteiger partial charge is 0.186 e.